The lowest BCUT2D eigenvalue weighted by Crippen LogP contribution is -2.15. The number of carbonyl (C=O) groups is 1. The van der Waals surface area contributed by atoms with Gasteiger partial charge in [-0.2, -0.15) is 0 Å². The van der Waals surface area contributed by atoms with Crippen molar-refractivity contribution in [3.8, 4) is 0 Å². The van der Waals surface area contributed by atoms with E-state index in [9.17, 15) is 4.79 Å². The minimum absolute atomic E-state index is 0.158. The number of unbranched alkanes of at least 4 members (excludes halogenated alkanes) is 4. The molecule has 0 bridgehead atoms. The fraction of sp³-hybridized carbons (Fsp3) is 0.970. The van der Waals surface area contributed by atoms with Crippen LogP contribution in [-0.4, -0.2) is 158 Å². The van der Waals surface area contributed by atoms with Crippen molar-refractivity contribution in [2.24, 2.45) is 0 Å². The first-order chi connectivity index (χ1) is 22.8. The molecule has 0 heterocycles. The second-order valence-electron chi connectivity index (χ2n) is 10.1. The molecule has 0 rings (SSSR count). The SMILES string of the molecule is CCCCCOCCOCCOCCOCCOCCOCCOCCOCCOCCOCCOCCOC(=O)CCCCC. The van der Waals surface area contributed by atoms with Gasteiger partial charge in [0, 0.05) is 13.0 Å². The highest BCUT2D eigenvalue weighted by atomic mass is 16.6. The van der Waals surface area contributed by atoms with Crippen LogP contribution in [0, 0.1) is 0 Å². The Morgan fingerprint density at radius 1 is 0.304 bits per heavy atom. The Bertz CT molecular complexity index is 572. The Labute approximate surface area is 278 Å². The van der Waals surface area contributed by atoms with Gasteiger partial charge in [-0.1, -0.05) is 39.5 Å². The van der Waals surface area contributed by atoms with Crippen LogP contribution in [0.1, 0.15) is 58.8 Å². The van der Waals surface area contributed by atoms with E-state index in [0.717, 1.165) is 32.3 Å². The fourth-order valence-electron chi connectivity index (χ4n) is 3.56. The van der Waals surface area contributed by atoms with Gasteiger partial charge in [-0.25, -0.2) is 0 Å². The van der Waals surface area contributed by atoms with Gasteiger partial charge in [0.1, 0.15) is 6.61 Å². The zero-order valence-electron chi connectivity index (χ0n) is 29.0. The summed E-state index contributed by atoms with van der Waals surface area (Å²) in [5, 5.41) is 0. The average Bonchev–Trinajstić information content (AvgIpc) is 3.06. The van der Waals surface area contributed by atoms with Crippen molar-refractivity contribution in [1.29, 1.82) is 0 Å². The predicted molar refractivity (Wildman–Crippen MR) is 174 cm³/mol. The molecule has 0 saturated heterocycles. The minimum atomic E-state index is -0.158. The van der Waals surface area contributed by atoms with Crippen molar-refractivity contribution >= 4 is 5.97 Å². The number of hydrogen-bond acceptors (Lipinski definition) is 13. The third-order valence-electron chi connectivity index (χ3n) is 6.09. The molecule has 0 radical (unpaired) electrons. The van der Waals surface area contributed by atoms with Gasteiger partial charge in [-0.3, -0.25) is 4.79 Å². The summed E-state index contributed by atoms with van der Waals surface area (Å²) in [4.78, 5) is 11.5. The second kappa shape index (κ2) is 42.1. The lowest BCUT2D eigenvalue weighted by Gasteiger charge is -2.09. The summed E-state index contributed by atoms with van der Waals surface area (Å²) in [7, 11) is 0. The van der Waals surface area contributed by atoms with E-state index in [1.165, 1.54) is 12.8 Å². The van der Waals surface area contributed by atoms with Gasteiger partial charge >= 0.3 is 5.97 Å². The number of carbonyl (C=O) groups excluding carboxylic acids is 1. The Morgan fingerprint density at radius 2 is 0.543 bits per heavy atom. The summed E-state index contributed by atoms with van der Waals surface area (Å²) in [6, 6.07) is 0. The van der Waals surface area contributed by atoms with E-state index in [4.69, 9.17) is 56.8 Å². The van der Waals surface area contributed by atoms with E-state index >= 15 is 0 Å². The third kappa shape index (κ3) is 41.1. The van der Waals surface area contributed by atoms with Crippen molar-refractivity contribution in [1.82, 2.24) is 0 Å². The van der Waals surface area contributed by atoms with Gasteiger partial charge in [-0.15, -0.1) is 0 Å². The fourth-order valence-corrected chi connectivity index (χ4v) is 3.56. The van der Waals surface area contributed by atoms with Crippen molar-refractivity contribution in [3.63, 3.8) is 0 Å². The van der Waals surface area contributed by atoms with Crippen LogP contribution in [-0.2, 0) is 61.6 Å². The molecule has 46 heavy (non-hydrogen) atoms. The van der Waals surface area contributed by atoms with Gasteiger partial charge in [0.05, 0.1) is 139 Å². The van der Waals surface area contributed by atoms with Crippen molar-refractivity contribution < 1.29 is 61.6 Å². The maximum absolute atomic E-state index is 11.5. The number of esters is 1. The molecule has 0 aliphatic carbocycles. The first kappa shape index (κ1) is 45.0. The first-order valence-electron chi connectivity index (χ1n) is 17.3. The summed E-state index contributed by atoms with van der Waals surface area (Å²) in [6.07, 6.45) is 7.04. The van der Waals surface area contributed by atoms with E-state index in [1.54, 1.807) is 0 Å². The molecule has 0 aliphatic rings. The average molecular weight is 671 g/mol. The maximum atomic E-state index is 11.5. The van der Waals surface area contributed by atoms with E-state index in [2.05, 4.69) is 13.8 Å². The zero-order valence-corrected chi connectivity index (χ0v) is 29.0. The van der Waals surface area contributed by atoms with Gasteiger partial charge < -0.3 is 56.8 Å². The van der Waals surface area contributed by atoms with Gasteiger partial charge in [-0.05, 0) is 12.8 Å². The predicted octanol–water partition coefficient (Wildman–Crippen LogP) is 3.48. The molecule has 0 aromatic carbocycles. The number of hydrogen-bond donors (Lipinski definition) is 0. The molecule has 0 aliphatic heterocycles. The van der Waals surface area contributed by atoms with Crippen LogP contribution in [0.4, 0.5) is 0 Å². The minimum Gasteiger partial charge on any atom is -0.463 e. The molecule has 0 N–H and O–H groups in total. The van der Waals surface area contributed by atoms with E-state index in [1.807, 2.05) is 0 Å². The molecule has 0 unspecified atom stereocenters. The molecule has 0 aromatic rings. The van der Waals surface area contributed by atoms with Crippen LogP contribution in [0.25, 0.3) is 0 Å². The highest BCUT2D eigenvalue weighted by Crippen LogP contribution is 2.00. The van der Waals surface area contributed by atoms with Crippen LogP contribution < -0.4 is 0 Å². The van der Waals surface area contributed by atoms with Gasteiger partial charge in [0.15, 0.2) is 0 Å². The van der Waals surface area contributed by atoms with Crippen LogP contribution in [0.5, 0.6) is 0 Å². The summed E-state index contributed by atoms with van der Waals surface area (Å²) in [6.45, 7) is 16.2. The smallest absolute Gasteiger partial charge is 0.305 e. The molecule has 0 saturated carbocycles. The van der Waals surface area contributed by atoms with E-state index < -0.39 is 0 Å². The topological polar surface area (TPSA) is 128 Å². The third-order valence-corrected chi connectivity index (χ3v) is 6.09. The summed E-state index contributed by atoms with van der Waals surface area (Å²) in [5.41, 5.74) is 0. The number of rotatable bonds is 41. The molecule has 0 atom stereocenters. The second-order valence-corrected chi connectivity index (χ2v) is 10.1. The molecule has 0 aromatic heterocycles. The first-order valence-corrected chi connectivity index (χ1v) is 17.3. The molecular formula is C33H66O13. The largest absolute Gasteiger partial charge is 0.463 e. The Morgan fingerprint density at radius 3 is 0.826 bits per heavy atom. The molecule has 13 nitrogen and oxygen atoms in total. The molecule has 0 fully saturated rings. The van der Waals surface area contributed by atoms with E-state index in [0.29, 0.717) is 145 Å². The Balaban J connectivity index is 3.07. The molecule has 0 amide bonds. The monoisotopic (exact) mass is 670 g/mol. The van der Waals surface area contributed by atoms with Crippen LogP contribution in [0.15, 0.2) is 0 Å². The lowest BCUT2D eigenvalue weighted by atomic mass is 10.2. The maximum Gasteiger partial charge on any atom is 0.305 e. The quantitative estimate of drug-likeness (QED) is 0.0696. The summed E-state index contributed by atoms with van der Waals surface area (Å²) < 4.78 is 65.2. The molecule has 0 spiro atoms. The van der Waals surface area contributed by atoms with Gasteiger partial charge in [0.25, 0.3) is 0 Å². The van der Waals surface area contributed by atoms with Crippen LogP contribution >= 0.6 is 0 Å². The highest BCUT2D eigenvalue weighted by Gasteiger charge is 2.02. The van der Waals surface area contributed by atoms with E-state index in [-0.39, 0.29) is 12.6 Å². The van der Waals surface area contributed by atoms with Crippen LogP contribution in [0.3, 0.4) is 0 Å². The van der Waals surface area contributed by atoms with Gasteiger partial charge in [0.2, 0.25) is 0 Å². The lowest BCUT2D eigenvalue weighted by molar-refractivity contribution is -0.145. The normalized spacial score (nSPS) is 11.4. The molecule has 276 valence electrons. The summed E-state index contributed by atoms with van der Waals surface area (Å²) >= 11 is 0. The number of ether oxygens (including phenoxy) is 12. The van der Waals surface area contributed by atoms with Crippen LogP contribution in [0.2, 0.25) is 0 Å². The van der Waals surface area contributed by atoms with Crippen molar-refractivity contribution in [2.45, 2.75) is 58.8 Å². The summed E-state index contributed by atoms with van der Waals surface area (Å²) in [5.74, 6) is -0.158. The van der Waals surface area contributed by atoms with Crippen molar-refractivity contribution in [3.05, 3.63) is 0 Å². The standard InChI is InChI=1S/C33H66O13/c1-3-5-7-9-33(34)46-32-31-45-30-29-44-28-27-43-26-25-42-24-23-41-22-21-40-20-19-39-18-17-38-16-15-37-14-13-36-12-11-35-10-8-6-4-2/h3-32H2,1-2H3. The molecule has 13 heteroatoms. The Hall–Kier alpha value is -0.970. The molecular weight excluding hydrogens is 604 g/mol. The Kier molecular flexibility index (Phi) is 41.2. The highest BCUT2D eigenvalue weighted by molar-refractivity contribution is 5.69. The van der Waals surface area contributed by atoms with Crippen molar-refractivity contribution in [2.75, 3.05) is 152 Å². The zero-order chi connectivity index (χ0) is 33.3.